The van der Waals surface area contributed by atoms with Gasteiger partial charge in [0.15, 0.2) is 5.60 Å². The van der Waals surface area contributed by atoms with E-state index in [1.807, 2.05) is 6.92 Å². The molecule has 1 aromatic rings. The van der Waals surface area contributed by atoms with E-state index in [4.69, 9.17) is 23.7 Å². The number of pyridine rings is 1. The van der Waals surface area contributed by atoms with Crippen molar-refractivity contribution in [3.8, 4) is 5.75 Å². The molecule has 0 spiro atoms. The van der Waals surface area contributed by atoms with Crippen LogP contribution in [0.25, 0.3) is 0 Å². The topological polar surface area (TPSA) is 79.4 Å². The highest BCUT2D eigenvalue weighted by Gasteiger charge is 2.62. The van der Waals surface area contributed by atoms with Gasteiger partial charge in [0.2, 0.25) is 0 Å². The lowest BCUT2D eigenvalue weighted by atomic mass is 9.78. The van der Waals surface area contributed by atoms with Crippen LogP contribution in [0.15, 0.2) is 18.3 Å². The number of β-lactam (4-membered cyclic amide) rings is 1. The summed E-state index contributed by atoms with van der Waals surface area (Å²) in [5.41, 5.74) is -0.395. The van der Waals surface area contributed by atoms with Crippen LogP contribution in [0, 0.1) is 0 Å². The Labute approximate surface area is 154 Å². The van der Waals surface area contributed by atoms with Crippen molar-refractivity contribution in [2.45, 2.75) is 31.4 Å². The van der Waals surface area contributed by atoms with Gasteiger partial charge in [-0.2, -0.15) is 0 Å². The van der Waals surface area contributed by atoms with Crippen molar-refractivity contribution in [3.05, 3.63) is 24.0 Å². The molecule has 2 atom stereocenters. The Kier molecular flexibility index (Phi) is 7.77. The van der Waals surface area contributed by atoms with Crippen LogP contribution >= 0.6 is 0 Å². The SMILES string of the molecule is CCCOC[C@@H]1N(COC)C(=O)[C@]1(Cc1cc(OC)ccn1)OCOC. The number of methoxy groups -OCH3 is 3. The third-order valence-corrected chi connectivity index (χ3v) is 4.33. The largest absolute Gasteiger partial charge is 0.497 e. The minimum absolute atomic E-state index is 0.000802. The zero-order valence-corrected chi connectivity index (χ0v) is 15.9. The minimum atomic E-state index is -1.10. The maximum Gasteiger partial charge on any atom is 0.259 e. The Morgan fingerprint density at radius 1 is 1.27 bits per heavy atom. The summed E-state index contributed by atoms with van der Waals surface area (Å²) >= 11 is 0. The number of ether oxygens (including phenoxy) is 5. The number of amides is 1. The smallest absolute Gasteiger partial charge is 0.259 e. The molecule has 0 radical (unpaired) electrons. The van der Waals surface area contributed by atoms with Crippen molar-refractivity contribution in [3.63, 3.8) is 0 Å². The summed E-state index contributed by atoms with van der Waals surface area (Å²) in [5.74, 6) is 0.516. The number of carbonyl (C=O) groups excluding carboxylic acids is 1. The number of carbonyl (C=O) groups is 1. The van der Waals surface area contributed by atoms with E-state index >= 15 is 0 Å². The summed E-state index contributed by atoms with van der Waals surface area (Å²) in [6.07, 6.45) is 2.85. The highest BCUT2D eigenvalue weighted by molar-refractivity contribution is 5.93. The monoisotopic (exact) mass is 368 g/mol. The lowest BCUT2D eigenvalue weighted by Crippen LogP contribution is -2.77. The fraction of sp³-hybridized carbons (Fsp3) is 0.667. The van der Waals surface area contributed by atoms with Crippen LogP contribution in [0.5, 0.6) is 5.75 Å². The Balaban J connectivity index is 2.26. The minimum Gasteiger partial charge on any atom is -0.497 e. The van der Waals surface area contributed by atoms with Crippen molar-refractivity contribution < 1.29 is 28.5 Å². The second-order valence-electron chi connectivity index (χ2n) is 6.09. The molecule has 8 heteroatoms. The van der Waals surface area contributed by atoms with Gasteiger partial charge in [0.05, 0.1) is 19.8 Å². The van der Waals surface area contributed by atoms with Crippen molar-refractivity contribution in [2.75, 3.05) is 48.1 Å². The van der Waals surface area contributed by atoms with Gasteiger partial charge < -0.3 is 28.6 Å². The van der Waals surface area contributed by atoms with E-state index in [1.165, 1.54) is 7.11 Å². The third-order valence-electron chi connectivity index (χ3n) is 4.33. The van der Waals surface area contributed by atoms with Gasteiger partial charge in [-0.1, -0.05) is 6.92 Å². The Morgan fingerprint density at radius 2 is 2.08 bits per heavy atom. The second-order valence-corrected chi connectivity index (χ2v) is 6.09. The first-order valence-electron chi connectivity index (χ1n) is 8.62. The lowest BCUT2D eigenvalue weighted by Gasteiger charge is -2.54. The van der Waals surface area contributed by atoms with Gasteiger partial charge in [0, 0.05) is 45.2 Å². The summed E-state index contributed by atoms with van der Waals surface area (Å²) in [7, 11) is 4.67. The predicted octanol–water partition coefficient (Wildman–Crippen LogP) is 1.23. The summed E-state index contributed by atoms with van der Waals surface area (Å²) in [4.78, 5) is 18.9. The van der Waals surface area contributed by atoms with Crippen LogP contribution in [0.4, 0.5) is 0 Å². The predicted molar refractivity (Wildman–Crippen MR) is 93.8 cm³/mol. The molecule has 26 heavy (non-hydrogen) atoms. The third kappa shape index (κ3) is 4.32. The van der Waals surface area contributed by atoms with E-state index in [2.05, 4.69) is 4.98 Å². The molecule has 0 saturated carbocycles. The maximum atomic E-state index is 12.9. The van der Waals surface area contributed by atoms with E-state index in [0.29, 0.717) is 31.1 Å². The fourth-order valence-corrected chi connectivity index (χ4v) is 3.08. The molecular weight excluding hydrogens is 340 g/mol. The van der Waals surface area contributed by atoms with Crippen LogP contribution in [0.3, 0.4) is 0 Å². The Morgan fingerprint density at radius 3 is 2.73 bits per heavy atom. The molecular formula is C18H28N2O6. The normalized spacial score (nSPS) is 22.4. The van der Waals surface area contributed by atoms with Crippen molar-refractivity contribution in [1.29, 1.82) is 0 Å². The first-order valence-corrected chi connectivity index (χ1v) is 8.62. The van der Waals surface area contributed by atoms with Gasteiger partial charge in [0.25, 0.3) is 5.91 Å². The summed E-state index contributed by atoms with van der Waals surface area (Å²) in [6, 6.07) is 3.27. The first kappa shape index (κ1) is 20.6. The molecule has 0 bridgehead atoms. The average molecular weight is 368 g/mol. The molecule has 1 aliphatic rings. The van der Waals surface area contributed by atoms with Gasteiger partial charge >= 0.3 is 0 Å². The standard InChI is InChI=1S/C18H28N2O6/c1-5-8-25-11-16-18(26-13-23-3,17(21)20(16)12-22-2)10-14-9-15(24-4)6-7-19-14/h6-7,9,16H,5,8,10-13H2,1-4H3/t16-,18+/m0/s1. The molecule has 8 nitrogen and oxygen atoms in total. The van der Waals surface area contributed by atoms with Crippen LogP contribution in [-0.4, -0.2) is 75.5 Å². The number of hydrogen-bond donors (Lipinski definition) is 0. The number of hydrogen-bond acceptors (Lipinski definition) is 7. The van der Waals surface area contributed by atoms with Crippen molar-refractivity contribution >= 4 is 5.91 Å². The average Bonchev–Trinajstić information content (AvgIpc) is 2.67. The lowest BCUT2D eigenvalue weighted by molar-refractivity contribution is -0.239. The van der Waals surface area contributed by atoms with Gasteiger partial charge in [-0.05, 0) is 12.5 Å². The van der Waals surface area contributed by atoms with E-state index in [-0.39, 0.29) is 25.5 Å². The van der Waals surface area contributed by atoms with E-state index < -0.39 is 5.60 Å². The van der Waals surface area contributed by atoms with Crippen LogP contribution in [0.2, 0.25) is 0 Å². The molecule has 146 valence electrons. The van der Waals surface area contributed by atoms with E-state index in [0.717, 1.165) is 6.42 Å². The van der Waals surface area contributed by atoms with E-state index in [1.54, 1.807) is 37.4 Å². The number of rotatable bonds is 12. The van der Waals surface area contributed by atoms with Gasteiger partial charge in [-0.15, -0.1) is 0 Å². The Hall–Kier alpha value is -1.74. The molecule has 0 aliphatic carbocycles. The second kappa shape index (κ2) is 9.82. The van der Waals surface area contributed by atoms with Crippen molar-refractivity contribution in [2.24, 2.45) is 0 Å². The molecule has 1 fully saturated rings. The highest BCUT2D eigenvalue weighted by atomic mass is 16.7. The van der Waals surface area contributed by atoms with Gasteiger partial charge in [0.1, 0.15) is 19.3 Å². The first-order chi connectivity index (χ1) is 12.6. The van der Waals surface area contributed by atoms with Crippen LogP contribution in [-0.2, 0) is 30.2 Å². The molecule has 2 rings (SSSR count). The summed E-state index contributed by atoms with van der Waals surface area (Å²) < 4.78 is 27.1. The molecule has 1 aromatic heterocycles. The quantitative estimate of drug-likeness (QED) is 0.312. The van der Waals surface area contributed by atoms with Gasteiger partial charge in [-0.25, -0.2) is 0 Å². The molecule has 2 heterocycles. The van der Waals surface area contributed by atoms with Crippen molar-refractivity contribution in [1.82, 2.24) is 9.88 Å². The summed E-state index contributed by atoms with van der Waals surface area (Å²) in [5, 5.41) is 0. The maximum absolute atomic E-state index is 12.9. The van der Waals surface area contributed by atoms with Gasteiger partial charge in [-0.3, -0.25) is 9.78 Å². The van der Waals surface area contributed by atoms with Crippen LogP contribution in [0.1, 0.15) is 19.0 Å². The number of aromatic nitrogens is 1. The Bertz CT molecular complexity index is 585. The molecule has 0 unspecified atom stereocenters. The zero-order chi connectivity index (χ0) is 19.0. The van der Waals surface area contributed by atoms with Crippen LogP contribution < -0.4 is 4.74 Å². The summed E-state index contributed by atoms with van der Waals surface area (Å²) in [6.45, 7) is 3.19. The molecule has 0 N–H and O–H groups in total. The zero-order valence-electron chi connectivity index (χ0n) is 15.9. The molecule has 1 saturated heterocycles. The fourth-order valence-electron chi connectivity index (χ4n) is 3.08. The molecule has 1 amide bonds. The molecule has 1 aliphatic heterocycles. The molecule has 0 aromatic carbocycles. The van der Waals surface area contributed by atoms with E-state index in [9.17, 15) is 4.79 Å². The number of nitrogens with zero attached hydrogens (tertiary/aromatic N) is 2. The highest BCUT2D eigenvalue weighted by Crippen LogP contribution is 2.38. The number of likely N-dealkylation sites (tertiary alicyclic amines) is 1.